The van der Waals surface area contributed by atoms with E-state index in [0.29, 0.717) is 5.70 Å². The first-order valence-electron chi connectivity index (χ1n) is 6.28. The van der Waals surface area contributed by atoms with Crippen molar-refractivity contribution in [1.82, 2.24) is 0 Å². The smallest absolute Gasteiger partial charge is 0.0270 e. The lowest BCUT2D eigenvalue weighted by atomic mass is 10.2. The molecule has 0 bridgehead atoms. The van der Waals surface area contributed by atoms with Crippen LogP contribution < -0.4 is 5.73 Å². The van der Waals surface area contributed by atoms with Crippen LogP contribution in [0.3, 0.4) is 0 Å². The Bertz CT molecular complexity index is 216. The molecule has 0 saturated carbocycles. The van der Waals surface area contributed by atoms with E-state index in [1.807, 2.05) is 73.6 Å². The molecule has 0 heterocycles. The molecule has 17 heavy (non-hydrogen) atoms. The molecule has 0 aliphatic carbocycles. The Morgan fingerprint density at radius 1 is 0.941 bits per heavy atom. The fourth-order valence-electron chi connectivity index (χ4n) is 0.348. The summed E-state index contributed by atoms with van der Waals surface area (Å²) in [7, 11) is 0. The van der Waals surface area contributed by atoms with Crippen molar-refractivity contribution in [3.05, 3.63) is 48.2 Å². The summed E-state index contributed by atoms with van der Waals surface area (Å²) in [6.45, 7) is 23.0. The molecule has 0 saturated heterocycles. The van der Waals surface area contributed by atoms with Gasteiger partial charge in [-0.25, -0.2) is 0 Å². The quantitative estimate of drug-likeness (QED) is 0.491. The Morgan fingerprint density at radius 3 is 1.41 bits per heavy atom. The van der Waals surface area contributed by atoms with Crippen LogP contribution in [0.2, 0.25) is 0 Å². The highest BCUT2D eigenvalue weighted by Crippen LogP contribution is 1.98. The predicted molar refractivity (Wildman–Crippen MR) is 85.1 cm³/mol. The summed E-state index contributed by atoms with van der Waals surface area (Å²) in [4.78, 5) is 0. The van der Waals surface area contributed by atoms with Crippen LogP contribution in [0.5, 0.6) is 0 Å². The Balaban J connectivity index is -0.0000000887. The van der Waals surface area contributed by atoms with Crippen molar-refractivity contribution in [2.45, 2.75) is 55.4 Å². The van der Waals surface area contributed by atoms with Crippen molar-refractivity contribution in [2.75, 3.05) is 0 Å². The van der Waals surface area contributed by atoms with E-state index in [1.54, 1.807) is 0 Å². The van der Waals surface area contributed by atoms with E-state index in [1.165, 1.54) is 5.57 Å². The van der Waals surface area contributed by atoms with Crippen molar-refractivity contribution in [3.8, 4) is 0 Å². The van der Waals surface area contributed by atoms with Gasteiger partial charge in [-0.2, -0.15) is 0 Å². The highest BCUT2D eigenvalue weighted by Gasteiger charge is 1.83. The summed E-state index contributed by atoms with van der Waals surface area (Å²) >= 11 is 0. The molecule has 0 spiro atoms. The molecule has 2 N–H and O–H groups in total. The number of hydrogen-bond acceptors (Lipinski definition) is 1. The second-order valence-electron chi connectivity index (χ2n) is 3.11. The summed E-state index contributed by atoms with van der Waals surface area (Å²) in [6, 6.07) is 0. The van der Waals surface area contributed by atoms with E-state index in [4.69, 9.17) is 5.73 Å². The van der Waals surface area contributed by atoms with E-state index in [-0.39, 0.29) is 0 Å². The van der Waals surface area contributed by atoms with E-state index < -0.39 is 0 Å². The summed E-state index contributed by atoms with van der Waals surface area (Å²) < 4.78 is 0. The zero-order chi connectivity index (χ0) is 14.9. The first-order chi connectivity index (χ1) is 7.91. The third-order valence-corrected chi connectivity index (χ3v) is 1.05. The minimum Gasteiger partial charge on any atom is -0.399 e. The van der Waals surface area contributed by atoms with Crippen LogP contribution in [0.1, 0.15) is 55.4 Å². The van der Waals surface area contributed by atoms with Gasteiger partial charge < -0.3 is 5.73 Å². The van der Waals surface area contributed by atoms with E-state index in [9.17, 15) is 0 Å². The zero-order valence-corrected chi connectivity index (χ0v) is 13.2. The third-order valence-electron chi connectivity index (χ3n) is 1.05. The molecule has 0 aromatic rings. The summed E-state index contributed by atoms with van der Waals surface area (Å²) in [5.41, 5.74) is 8.20. The predicted octanol–water partition coefficient (Wildman–Crippen LogP) is 5.62. The van der Waals surface area contributed by atoms with Gasteiger partial charge in [0.05, 0.1) is 0 Å². The molecule has 0 amide bonds. The van der Waals surface area contributed by atoms with Gasteiger partial charge in [-0.3, -0.25) is 0 Å². The van der Waals surface area contributed by atoms with E-state index in [2.05, 4.69) is 13.2 Å². The van der Waals surface area contributed by atoms with Crippen LogP contribution in [0.15, 0.2) is 48.2 Å². The summed E-state index contributed by atoms with van der Waals surface area (Å²) in [5.74, 6) is 0. The average Bonchev–Trinajstić information content (AvgIpc) is 2.30. The van der Waals surface area contributed by atoms with E-state index in [0.717, 1.165) is 5.57 Å². The molecule has 1 nitrogen and oxygen atoms in total. The molecule has 0 rings (SSSR count). The molecule has 1 heteroatoms. The number of rotatable bonds is 2. The van der Waals surface area contributed by atoms with Crippen LogP contribution in [0.4, 0.5) is 0 Å². The monoisotopic (exact) mass is 239 g/mol. The number of hydrogen-bond donors (Lipinski definition) is 1. The SMILES string of the molecule is C=C(C)C.C=C(N)/C(C)=C/C=C\C.CC.CC. The summed E-state index contributed by atoms with van der Waals surface area (Å²) in [5, 5.41) is 0. The average molecular weight is 239 g/mol. The molecule has 0 fully saturated rings. The van der Waals surface area contributed by atoms with Gasteiger partial charge in [0.2, 0.25) is 0 Å². The molecular formula is C16H33N. The highest BCUT2D eigenvalue weighted by molar-refractivity contribution is 5.26. The third kappa shape index (κ3) is 52.6. The molecule has 0 aromatic carbocycles. The molecular weight excluding hydrogens is 206 g/mol. The fourth-order valence-corrected chi connectivity index (χ4v) is 0.348. The van der Waals surface area contributed by atoms with Crippen LogP contribution in [-0.2, 0) is 0 Å². The first-order valence-corrected chi connectivity index (χ1v) is 6.28. The van der Waals surface area contributed by atoms with Crippen molar-refractivity contribution < 1.29 is 0 Å². The molecule has 0 atom stereocenters. The lowest BCUT2D eigenvalue weighted by Gasteiger charge is -1.93. The second-order valence-corrected chi connectivity index (χ2v) is 3.11. The molecule has 102 valence electrons. The summed E-state index contributed by atoms with van der Waals surface area (Å²) in [6.07, 6.45) is 5.82. The highest BCUT2D eigenvalue weighted by atomic mass is 14.6. The van der Waals surface area contributed by atoms with Crippen LogP contribution in [0.25, 0.3) is 0 Å². The van der Waals surface area contributed by atoms with Crippen molar-refractivity contribution in [1.29, 1.82) is 0 Å². The topological polar surface area (TPSA) is 26.0 Å². The Labute approximate surface area is 110 Å². The molecule has 0 radical (unpaired) electrons. The maximum atomic E-state index is 5.38. The molecule has 0 unspecified atom stereocenters. The normalized spacial score (nSPS) is 8.82. The van der Waals surface area contributed by atoms with Gasteiger partial charge in [-0.15, -0.1) is 6.58 Å². The molecule has 0 aromatic heterocycles. The van der Waals surface area contributed by atoms with Crippen LogP contribution in [-0.4, -0.2) is 0 Å². The van der Waals surface area contributed by atoms with Gasteiger partial charge in [0.25, 0.3) is 0 Å². The largest absolute Gasteiger partial charge is 0.399 e. The standard InChI is InChI=1S/C8H13N.C4H8.2C2H6/c1-4-5-6-7(2)8(3)9;1-4(2)3;2*1-2/h4-6H,3,9H2,1-2H3;1H2,2-3H3;2*1-2H3/b5-4-,7-6+;;;. The van der Waals surface area contributed by atoms with Crippen LogP contribution >= 0.6 is 0 Å². The second kappa shape index (κ2) is 24.1. The van der Waals surface area contributed by atoms with Gasteiger partial charge in [0, 0.05) is 5.70 Å². The van der Waals surface area contributed by atoms with Gasteiger partial charge in [-0.1, -0.05) is 58.1 Å². The number of allylic oxidation sites excluding steroid dienone is 5. The fraction of sp³-hybridized carbons (Fsp3) is 0.500. The van der Waals surface area contributed by atoms with Gasteiger partial charge in [0.15, 0.2) is 0 Å². The van der Waals surface area contributed by atoms with Gasteiger partial charge in [0.1, 0.15) is 0 Å². The van der Waals surface area contributed by atoms with Crippen molar-refractivity contribution >= 4 is 0 Å². The van der Waals surface area contributed by atoms with Gasteiger partial charge in [-0.05, 0) is 33.3 Å². The molecule has 0 aliphatic heterocycles. The minimum atomic E-state index is 0.633. The lowest BCUT2D eigenvalue weighted by Crippen LogP contribution is -1.94. The van der Waals surface area contributed by atoms with E-state index >= 15 is 0 Å². The van der Waals surface area contributed by atoms with Crippen molar-refractivity contribution in [3.63, 3.8) is 0 Å². The van der Waals surface area contributed by atoms with Gasteiger partial charge >= 0.3 is 0 Å². The number of nitrogens with two attached hydrogens (primary N) is 1. The maximum Gasteiger partial charge on any atom is 0.0270 e. The zero-order valence-electron chi connectivity index (χ0n) is 13.2. The lowest BCUT2D eigenvalue weighted by molar-refractivity contribution is 1.31. The van der Waals surface area contributed by atoms with Crippen molar-refractivity contribution in [2.24, 2.45) is 5.73 Å². The maximum absolute atomic E-state index is 5.38. The first kappa shape index (κ1) is 24.8. The Morgan fingerprint density at radius 2 is 1.24 bits per heavy atom. The van der Waals surface area contributed by atoms with Crippen LogP contribution in [0, 0.1) is 0 Å². The Hall–Kier alpha value is -1.24. The Kier molecular flexibility index (Phi) is 35.3. The minimum absolute atomic E-state index is 0.633. The molecule has 0 aliphatic rings.